The van der Waals surface area contributed by atoms with Crippen LogP contribution in [0.15, 0.2) is 0 Å². The highest BCUT2D eigenvalue weighted by atomic mass is 32.2. The Morgan fingerprint density at radius 3 is 2.79 bits per heavy atom. The van der Waals surface area contributed by atoms with E-state index in [9.17, 15) is 5.11 Å². The lowest BCUT2D eigenvalue weighted by Crippen LogP contribution is -2.38. The van der Waals surface area contributed by atoms with Crippen LogP contribution in [0.4, 0.5) is 0 Å². The zero-order valence-corrected chi connectivity index (χ0v) is 13.5. The Balaban J connectivity index is 2.16. The highest BCUT2D eigenvalue weighted by Gasteiger charge is 2.24. The van der Waals surface area contributed by atoms with Crippen molar-refractivity contribution in [3.05, 3.63) is 0 Å². The number of aliphatic hydroxyl groups excluding tert-OH is 1. The number of hydrogen-bond donors (Lipinski definition) is 2. The summed E-state index contributed by atoms with van der Waals surface area (Å²) in [4.78, 5) is 0. The van der Waals surface area contributed by atoms with Crippen molar-refractivity contribution in [1.82, 2.24) is 5.32 Å². The van der Waals surface area contributed by atoms with E-state index in [2.05, 4.69) is 25.4 Å². The molecule has 0 saturated heterocycles. The molecule has 0 aromatic carbocycles. The molecular formula is C15H31NO2S. The van der Waals surface area contributed by atoms with Crippen LogP contribution in [-0.4, -0.2) is 48.5 Å². The average Bonchev–Trinajstić information content (AvgIpc) is 2.43. The van der Waals surface area contributed by atoms with Gasteiger partial charge in [0, 0.05) is 18.3 Å². The van der Waals surface area contributed by atoms with Crippen molar-refractivity contribution >= 4 is 11.8 Å². The molecule has 1 fully saturated rings. The van der Waals surface area contributed by atoms with Gasteiger partial charge in [-0.2, -0.15) is 11.8 Å². The van der Waals surface area contributed by atoms with Gasteiger partial charge in [0.25, 0.3) is 0 Å². The Bertz CT molecular complexity index is 228. The predicted molar refractivity (Wildman–Crippen MR) is 83.8 cm³/mol. The Kier molecular flexibility index (Phi) is 9.12. The van der Waals surface area contributed by atoms with Gasteiger partial charge in [-0.1, -0.05) is 26.2 Å². The number of ether oxygens (including phenoxy) is 1. The molecule has 0 spiro atoms. The van der Waals surface area contributed by atoms with Crippen LogP contribution >= 0.6 is 11.8 Å². The molecule has 0 amide bonds. The lowest BCUT2D eigenvalue weighted by Gasteiger charge is -2.31. The molecule has 0 heterocycles. The average molecular weight is 289 g/mol. The first-order valence-corrected chi connectivity index (χ1v) is 9.08. The third kappa shape index (κ3) is 6.98. The summed E-state index contributed by atoms with van der Waals surface area (Å²) in [6.45, 7) is 5.50. The maximum atomic E-state index is 9.96. The SMILES string of the molecule is CCC1CCCCC1OCC(O)CNC(C)CSC. The Morgan fingerprint density at radius 1 is 1.37 bits per heavy atom. The molecule has 4 unspecified atom stereocenters. The quantitative estimate of drug-likeness (QED) is 0.685. The van der Waals surface area contributed by atoms with E-state index in [0.29, 0.717) is 31.2 Å². The van der Waals surface area contributed by atoms with Crippen molar-refractivity contribution in [2.45, 2.75) is 64.2 Å². The van der Waals surface area contributed by atoms with Gasteiger partial charge in [0.15, 0.2) is 0 Å². The van der Waals surface area contributed by atoms with Crippen LogP contribution in [0.3, 0.4) is 0 Å². The molecule has 4 heteroatoms. The van der Waals surface area contributed by atoms with Crippen LogP contribution in [0, 0.1) is 5.92 Å². The second-order valence-corrected chi connectivity index (χ2v) is 6.65. The van der Waals surface area contributed by atoms with Gasteiger partial charge in [-0.25, -0.2) is 0 Å². The summed E-state index contributed by atoms with van der Waals surface area (Å²) in [7, 11) is 0. The molecule has 19 heavy (non-hydrogen) atoms. The summed E-state index contributed by atoms with van der Waals surface area (Å²) in [5, 5.41) is 13.3. The normalized spacial score (nSPS) is 27.2. The fraction of sp³-hybridized carbons (Fsp3) is 1.00. The van der Waals surface area contributed by atoms with E-state index in [0.717, 1.165) is 5.75 Å². The van der Waals surface area contributed by atoms with Crippen LogP contribution in [0.2, 0.25) is 0 Å². The van der Waals surface area contributed by atoms with Crippen LogP contribution in [0.5, 0.6) is 0 Å². The van der Waals surface area contributed by atoms with Crippen molar-refractivity contribution in [3.8, 4) is 0 Å². The molecular weight excluding hydrogens is 258 g/mol. The second kappa shape index (κ2) is 10.0. The molecule has 1 aliphatic carbocycles. The van der Waals surface area contributed by atoms with Crippen molar-refractivity contribution in [2.75, 3.05) is 25.2 Å². The van der Waals surface area contributed by atoms with Crippen LogP contribution in [-0.2, 0) is 4.74 Å². The van der Waals surface area contributed by atoms with E-state index in [1.165, 1.54) is 32.1 Å². The second-order valence-electron chi connectivity index (χ2n) is 5.74. The summed E-state index contributed by atoms with van der Waals surface area (Å²) in [5.74, 6) is 1.78. The van der Waals surface area contributed by atoms with Crippen molar-refractivity contribution in [3.63, 3.8) is 0 Å². The predicted octanol–water partition coefficient (Wildman–Crippen LogP) is 2.67. The maximum absolute atomic E-state index is 9.96. The number of rotatable bonds is 9. The van der Waals surface area contributed by atoms with Gasteiger partial charge >= 0.3 is 0 Å². The summed E-state index contributed by atoms with van der Waals surface area (Å²) in [6, 6.07) is 0.447. The summed E-state index contributed by atoms with van der Waals surface area (Å²) >= 11 is 1.83. The van der Waals surface area contributed by atoms with Crippen molar-refractivity contribution in [1.29, 1.82) is 0 Å². The third-order valence-electron chi connectivity index (χ3n) is 3.99. The van der Waals surface area contributed by atoms with E-state index in [4.69, 9.17) is 4.74 Å². The molecule has 3 nitrogen and oxygen atoms in total. The third-order valence-corrected chi connectivity index (χ3v) is 4.82. The highest BCUT2D eigenvalue weighted by molar-refractivity contribution is 7.98. The number of aliphatic hydroxyl groups is 1. The molecule has 1 aliphatic rings. The van der Waals surface area contributed by atoms with E-state index >= 15 is 0 Å². The lowest BCUT2D eigenvalue weighted by atomic mass is 9.85. The van der Waals surface area contributed by atoms with E-state index in [1.54, 1.807) is 0 Å². The van der Waals surface area contributed by atoms with Gasteiger partial charge in [-0.15, -0.1) is 0 Å². The van der Waals surface area contributed by atoms with Crippen LogP contribution in [0.1, 0.15) is 46.0 Å². The monoisotopic (exact) mass is 289 g/mol. The number of hydrogen-bond acceptors (Lipinski definition) is 4. The standard InChI is InChI=1S/C15H31NO2S/c1-4-13-7-5-6-8-15(13)18-10-14(17)9-16-12(2)11-19-3/h12-17H,4-11H2,1-3H3. The summed E-state index contributed by atoms with van der Waals surface area (Å²) < 4.78 is 5.95. The van der Waals surface area contributed by atoms with Gasteiger partial charge in [-0.05, 0) is 31.9 Å². The Labute approximate surface area is 122 Å². The minimum atomic E-state index is -0.385. The number of nitrogens with one attached hydrogen (secondary N) is 1. The lowest BCUT2D eigenvalue weighted by molar-refractivity contribution is -0.0501. The molecule has 0 aliphatic heterocycles. The first-order valence-electron chi connectivity index (χ1n) is 7.69. The molecule has 1 saturated carbocycles. The van der Waals surface area contributed by atoms with E-state index in [1.807, 2.05) is 11.8 Å². The molecule has 0 radical (unpaired) electrons. The molecule has 4 atom stereocenters. The van der Waals surface area contributed by atoms with Crippen LogP contribution < -0.4 is 5.32 Å². The summed E-state index contributed by atoms with van der Waals surface area (Å²) in [6.07, 6.45) is 8.37. The molecule has 0 bridgehead atoms. The molecule has 0 aromatic rings. The fourth-order valence-electron chi connectivity index (χ4n) is 2.80. The highest BCUT2D eigenvalue weighted by Crippen LogP contribution is 2.29. The molecule has 114 valence electrons. The van der Waals surface area contributed by atoms with E-state index < -0.39 is 0 Å². The molecule has 1 rings (SSSR count). The molecule has 2 N–H and O–H groups in total. The Morgan fingerprint density at radius 2 is 2.11 bits per heavy atom. The first kappa shape index (κ1) is 17.3. The van der Waals surface area contributed by atoms with Crippen LogP contribution in [0.25, 0.3) is 0 Å². The smallest absolute Gasteiger partial charge is 0.0897 e. The van der Waals surface area contributed by atoms with Crippen molar-refractivity contribution < 1.29 is 9.84 Å². The van der Waals surface area contributed by atoms with Gasteiger partial charge in [-0.3, -0.25) is 0 Å². The van der Waals surface area contributed by atoms with Gasteiger partial charge < -0.3 is 15.2 Å². The minimum Gasteiger partial charge on any atom is -0.389 e. The Hall–Kier alpha value is 0.230. The number of thioether (sulfide) groups is 1. The maximum Gasteiger partial charge on any atom is 0.0897 e. The summed E-state index contributed by atoms with van der Waals surface area (Å²) in [5.41, 5.74) is 0. The largest absolute Gasteiger partial charge is 0.389 e. The van der Waals surface area contributed by atoms with Gasteiger partial charge in [0.05, 0.1) is 18.8 Å². The minimum absolute atomic E-state index is 0.372. The van der Waals surface area contributed by atoms with Crippen molar-refractivity contribution in [2.24, 2.45) is 5.92 Å². The van der Waals surface area contributed by atoms with Gasteiger partial charge in [0.1, 0.15) is 0 Å². The first-order chi connectivity index (χ1) is 9.17. The topological polar surface area (TPSA) is 41.5 Å². The van der Waals surface area contributed by atoms with Gasteiger partial charge in [0.2, 0.25) is 0 Å². The van der Waals surface area contributed by atoms with E-state index in [-0.39, 0.29) is 6.10 Å². The molecule has 0 aromatic heterocycles. The fourth-order valence-corrected chi connectivity index (χ4v) is 3.42. The zero-order valence-electron chi connectivity index (χ0n) is 12.7. The zero-order chi connectivity index (χ0) is 14.1.